The zero-order chi connectivity index (χ0) is 16.4. The van der Waals surface area contributed by atoms with E-state index in [1.807, 2.05) is 23.6 Å². The van der Waals surface area contributed by atoms with Crippen molar-refractivity contribution in [3.63, 3.8) is 0 Å². The van der Waals surface area contributed by atoms with Crippen molar-refractivity contribution < 1.29 is 19.7 Å². The second kappa shape index (κ2) is 7.42. The first-order valence-corrected chi connectivity index (χ1v) is 7.70. The Morgan fingerprint density at radius 2 is 1.58 bits per heavy atom. The van der Waals surface area contributed by atoms with Crippen LogP contribution in [0.15, 0.2) is 41.8 Å². The van der Waals surface area contributed by atoms with Crippen LogP contribution in [0.5, 0.6) is 23.0 Å². The van der Waals surface area contributed by atoms with Gasteiger partial charge < -0.3 is 19.7 Å². The summed E-state index contributed by atoms with van der Waals surface area (Å²) in [6.07, 6.45) is 0. The summed E-state index contributed by atoms with van der Waals surface area (Å²) >= 11 is 1.49. The molecule has 0 fully saturated rings. The van der Waals surface area contributed by atoms with Gasteiger partial charge in [0.2, 0.25) is 0 Å². The summed E-state index contributed by atoms with van der Waals surface area (Å²) in [5.41, 5.74) is 2.39. The summed E-state index contributed by atoms with van der Waals surface area (Å²) in [6.45, 7) is 0. The van der Waals surface area contributed by atoms with E-state index in [-0.39, 0.29) is 23.9 Å². The topological polar surface area (TPSA) is 71.8 Å². The highest BCUT2D eigenvalue weighted by molar-refractivity contribution is 7.13. The van der Waals surface area contributed by atoms with Crippen LogP contribution in [-0.2, 0) is 0 Å². The van der Waals surface area contributed by atoms with Crippen LogP contribution < -0.4 is 9.47 Å². The lowest BCUT2D eigenvalue weighted by molar-refractivity contribution is 0.355. The van der Waals surface area contributed by atoms with E-state index in [0.29, 0.717) is 11.5 Å². The molecular weight excluding hydrogens is 350 g/mol. The molecule has 24 heavy (non-hydrogen) atoms. The minimum absolute atomic E-state index is 0. The number of benzene rings is 2. The van der Waals surface area contributed by atoms with Gasteiger partial charge in [-0.1, -0.05) is 0 Å². The van der Waals surface area contributed by atoms with Crippen LogP contribution in [-0.4, -0.2) is 29.4 Å². The molecule has 126 valence electrons. The first kappa shape index (κ1) is 17.9. The summed E-state index contributed by atoms with van der Waals surface area (Å²) in [5, 5.41) is 21.7. The molecule has 3 aromatic rings. The van der Waals surface area contributed by atoms with Gasteiger partial charge in [-0.15, -0.1) is 23.7 Å². The number of rotatable bonds is 4. The van der Waals surface area contributed by atoms with Crippen molar-refractivity contribution in [2.75, 3.05) is 14.2 Å². The molecule has 0 saturated carbocycles. The molecule has 1 heterocycles. The number of ether oxygens (including phenoxy) is 2. The lowest BCUT2D eigenvalue weighted by Gasteiger charge is -2.08. The molecule has 0 saturated heterocycles. The molecule has 0 aliphatic carbocycles. The Hall–Kier alpha value is -2.44. The van der Waals surface area contributed by atoms with Gasteiger partial charge in [-0.3, -0.25) is 0 Å². The summed E-state index contributed by atoms with van der Waals surface area (Å²) in [5.74, 6) is 0.993. The molecule has 5 nitrogen and oxygen atoms in total. The standard InChI is InChI=1S/C17H15NO4S.ClH/c1-21-15-6-4-11(8-16(15)22-2)17-18-12(9-23-17)10-3-5-13(19)14(20)7-10;/h3-9,19-20H,1-2H3;1H. The van der Waals surface area contributed by atoms with E-state index < -0.39 is 0 Å². The number of halogens is 1. The van der Waals surface area contributed by atoms with E-state index in [4.69, 9.17) is 9.47 Å². The first-order chi connectivity index (χ1) is 11.1. The molecule has 0 amide bonds. The van der Waals surface area contributed by atoms with Crippen molar-refractivity contribution in [2.24, 2.45) is 0 Å². The maximum absolute atomic E-state index is 9.61. The first-order valence-electron chi connectivity index (χ1n) is 6.82. The molecule has 0 atom stereocenters. The van der Waals surface area contributed by atoms with Crippen LogP contribution in [0.3, 0.4) is 0 Å². The van der Waals surface area contributed by atoms with Crippen LogP contribution in [0.2, 0.25) is 0 Å². The van der Waals surface area contributed by atoms with E-state index in [0.717, 1.165) is 21.8 Å². The highest BCUT2D eigenvalue weighted by atomic mass is 35.5. The van der Waals surface area contributed by atoms with Crippen LogP contribution in [0.25, 0.3) is 21.8 Å². The predicted octanol–water partition coefficient (Wildman–Crippen LogP) is 4.33. The highest BCUT2D eigenvalue weighted by Crippen LogP contribution is 2.36. The number of aromatic nitrogens is 1. The van der Waals surface area contributed by atoms with Crippen molar-refractivity contribution in [1.29, 1.82) is 0 Å². The third kappa shape index (κ3) is 3.39. The van der Waals surface area contributed by atoms with Gasteiger partial charge in [0.25, 0.3) is 0 Å². The number of methoxy groups -OCH3 is 2. The van der Waals surface area contributed by atoms with E-state index in [2.05, 4.69) is 4.98 Å². The second-order valence-corrected chi connectivity index (χ2v) is 5.67. The summed E-state index contributed by atoms with van der Waals surface area (Å²) in [6, 6.07) is 10.3. The maximum Gasteiger partial charge on any atom is 0.161 e. The van der Waals surface area contributed by atoms with Crippen LogP contribution in [0, 0.1) is 0 Å². The molecule has 0 aliphatic rings. The van der Waals surface area contributed by atoms with Gasteiger partial charge in [-0.2, -0.15) is 0 Å². The molecule has 0 spiro atoms. The second-order valence-electron chi connectivity index (χ2n) is 4.81. The Labute approximate surface area is 149 Å². The van der Waals surface area contributed by atoms with Crippen molar-refractivity contribution in [1.82, 2.24) is 4.98 Å². The number of phenols is 2. The van der Waals surface area contributed by atoms with Gasteiger partial charge in [0, 0.05) is 16.5 Å². The fraction of sp³-hybridized carbons (Fsp3) is 0.118. The van der Waals surface area contributed by atoms with Gasteiger partial charge in [-0.25, -0.2) is 4.98 Å². The molecule has 0 radical (unpaired) electrons. The molecular formula is C17H16ClNO4S. The van der Waals surface area contributed by atoms with E-state index in [9.17, 15) is 10.2 Å². The Kier molecular flexibility index (Phi) is 5.54. The summed E-state index contributed by atoms with van der Waals surface area (Å²) < 4.78 is 10.5. The molecule has 2 N–H and O–H groups in total. The highest BCUT2D eigenvalue weighted by Gasteiger charge is 2.11. The number of thiazole rings is 1. The third-order valence-electron chi connectivity index (χ3n) is 3.41. The SMILES string of the molecule is COc1ccc(-c2nc(-c3ccc(O)c(O)c3)cs2)cc1OC.Cl. The minimum atomic E-state index is -0.164. The number of nitrogens with zero attached hydrogens (tertiary/aromatic N) is 1. The molecule has 0 bridgehead atoms. The van der Waals surface area contributed by atoms with Crippen molar-refractivity contribution in [3.05, 3.63) is 41.8 Å². The lowest BCUT2D eigenvalue weighted by Crippen LogP contribution is -1.90. The van der Waals surface area contributed by atoms with Gasteiger partial charge in [-0.05, 0) is 36.4 Å². The molecule has 7 heteroatoms. The quantitative estimate of drug-likeness (QED) is 0.673. The van der Waals surface area contributed by atoms with Crippen LogP contribution in [0.1, 0.15) is 0 Å². The molecule has 3 rings (SSSR count). The summed E-state index contributed by atoms with van der Waals surface area (Å²) in [7, 11) is 3.18. The molecule has 1 aromatic heterocycles. The molecule has 2 aromatic carbocycles. The fourth-order valence-electron chi connectivity index (χ4n) is 2.19. The van der Waals surface area contributed by atoms with Gasteiger partial charge >= 0.3 is 0 Å². The Morgan fingerprint density at radius 1 is 0.875 bits per heavy atom. The van der Waals surface area contributed by atoms with E-state index >= 15 is 0 Å². The Balaban J connectivity index is 0.00000208. The third-order valence-corrected chi connectivity index (χ3v) is 4.30. The molecule has 0 aliphatic heterocycles. The monoisotopic (exact) mass is 365 g/mol. The van der Waals surface area contributed by atoms with Crippen molar-refractivity contribution >= 4 is 23.7 Å². The van der Waals surface area contributed by atoms with Gasteiger partial charge in [0.05, 0.1) is 19.9 Å². The smallest absolute Gasteiger partial charge is 0.161 e. The van der Waals surface area contributed by atoms with Gasteiger partial charge in [0.15, 0.2) is 23.0 Å². The Bertz CT molecular complexity index is 850. The van der Waals surface area contributed by atoms with E-state index in [1.165, 1.54) is 23.5 Å². The average molecular weight is 366 g/mol. The zero-order valence-corrected chi connectivity index (χ0v) is 14.6. The van der Waals surface area contributed by atoms with Crippen molar-refractivity contribution in [2.45, 2.75) is 0 Å². The lowest BCUT2D eigenvalue weighted by atomic mass is 10.1. The van der Waals surface area contributed by atoms with Crippen molar-refractivity contribution in [3.8, 4) is 44.8 Å². The zero-order valence-electron chi connectivity index (χ0n) is 13.0. The number of aromatic hydroxyl groups is 2. The maximum atomic E-state index is 9.61. The fourth-order valence-corrected chi connectivity index (χ4v) is 3.02. The predicted molar refractivity (Wildman–Crippen MR) is 96.7 cm³/mol. The van der Waals surface area contributed by atoms with E-state index in [1.54, 1.807) is 20.3 Å². The molecule has 0 unspecified atom stereocenters. The minimum Gasteiger partial charge on any atom is -0.504 e. The Morgan fingerprint density at radius 3 is 2.25 bits per heavy atom. The largest absolute Gasteiger partial charge is 0.504 e. The number of hydrogen-bond acceptors (Lipinski definition) is 6. The van der Waals surface area contributed by atoms with Crippen LogP contribution in [0.4, 0.5) is 0 Å². The summed E-state index contributed by atoms with van der Waals surface area (Å²) in [4.78, 5) is 4.58. The number of hydrogen-bond donors (Lipinski definition) is 2. The number of phenolic OH excluding ortho intramolecular Hbond substituents is 2. The van der Waals surface area contributed by atoms with Crippen LogP contribution >= 0.6 is 23.7 Å². The average Bonchev–Trinajstić information content (AvgIpc) is 3.06. The normalized spacial score (nSPS) is 10.1. The van der Waals surface area contributed by atoms with Gasteiger partial charge in [0.1, 0.15) is 5.01 Å².